The number of rotatable bonds is 6. The second-order valence-corrected chi connectivity index (χ2v) is 7.79. The summed E-state index contributed by atoms with van der Waals surface area (Å²) in [6.45, 7) is 5.03. The molecule has 0 aliphatic carbocycles. The fourth-order valence-corrected chi connectivity index (χ4v) is 3.67. The molecule has 0 rings (SSSR count). The maximum absolute atomic E-state index is 11.9. The Hall–Kier alpha value is 1.55. The van der Waals surface area contributed by atoms with Gasteiger partial charge in [0.25, 0.3) is 0 Å². The molecule has 0 fully saturated rings. The molecule has 0 saturated heterocycles. The molecule has 0 saturated carbocycles. The summed E-state index contributed by atoms with van der Waals surface area (Å²) in [6.07, 6.45) is 0. The molecule has 3 atom stereocenters. The molecule has 0 radical (unpaired) electrons. The van der Waals surface area contributed by atoms with Crippen LogP contribution in [0.3, 0.4) is 0 Å². The van der Waals surface area contributed by atoms with Crippen molar-refractivity contribution in [2.45, 2.75) is 35.8 Å². The first-order valence-corrected chi connectivity index (χ1v) is 8.03. The van der Waals surface area contributed by atoms with E-state index in [1.807, 2.05) is 0 Å². The van der Waals surface area contributed by atoms with Crippen molar-refractivity contribution in [2.24, 2.45) is 0 Å². The minimum atomic E-state index is -3.53. The van der Waals surface area contributed by atoms with E-state index in [2.05, 4.69) is 47.8 Å². The van der Waals surface area contributed by atoms with Gasteiger partial charge >= 0.3 is 7.82 Å². The average molecular weight is 419 g/mol. The van der Waals surface area contributed by atoms with Gasteiger partial charge in [-0.3, -0.25) is 13.6 Å². The fraction of sp³-hybridized carbons (Fsp3) is 1.00. The lowest BCUT2D eigenvalue weighted by Crippen LogP contribution is -2.09. The van der Waals surface area contributed by atoms with Crippen LogP contribution in [-0.4, -0.2) is 15.0 Å². The lowest BCUT2D eigenvalue weighted by molar-refractivity contribution is 0.106. The van der Waals surface area contributed by atoms with Gasteiger partial charge in [0.05, 0.1) is 0 Å². The second-order valence-electron chi connectivity index (χ2n) is 2.39. The Labute approximate surface area is 109 Å². The van der Waals surface area contributed by atoms with Gasteiger partial charge in [0.15, 0.2) is 0 Å². The van der Waals surface area contributed by atoms with Crippen molar-refractivity contribution in [3.05, 3.63) is 0 Å². The lowest BCUT2D eigenvalue weighted by Gasteiger charge is -2.21. The zero-order valence-corrected chi connectivity index (χ0v) is 13.6. The molecule has 0 aliphatic heterocycles. The van der Waals surface area contributed by atoms with Crippen molar-refractivity contribution in [1.82, 2.24) is 0 Å². The third kappa shape index (κ3) is 7.79. The van der Waals surface area contributed by atoms with Gasteiger partial charge in [-0.2, -0.15) is 0 Å². The first kappa shape index (κ1) is 15.6. The standard InChI is InChI=1S/C6H12Br3O4P/c1-4(7)11-14(10,12-5(2)8)13-6(3)9/h4-6H,1-3H3. The number of phosphoric acid groups is 1. The van der Waals surface area contributed by atoms with Crippen LogP contribution in [0.5, 0.6) is 0 Å². The lowest BCUT2D eigenvalue weighted by atomic mass is 10.9. The van der Waals surface area contributed by atoms with Crippen molar-refractivity contribution >= 4 is 55.6 Å². The Morgan fingerprint density at radius 1 is 0.857 bits per heavy atom. The topological polar surface area (TPSA) is 44.8 Å². The number of alkyl halides is 3. The summed E-state index contributed by atoms with van der Waals surface area (Å²) < 4.78 is 27.0. The maximum atomic E-state index is 11.9. The summed E-state index contributed by atoms with van der Waals surface area (Å²) in [7, 11) is -3.53. The molecule has 3 unspecified atom stereocenters. The van der Waals surface area contributed by atoms with Crippen molar-refractivity contribution in [3.8, 4) is 0 Å². The minimum Gasteiger partial charge on any atom is -0.272 e. The van der Waals surface area contributed by atoms with E-state index in [9.17, 15) is 4.57 Å². The van der Waals surface area contributed by atoms with E-state index in [0.717, 1.165) is 0 Å². The SMILES string of the molecule is CC(Br)OP(=O)(OC(C)Br)OC(C)Br. The molecule has 86 valence electrons. The van der Waals surface area contributed by atoms with Gasteiger partial charge in [0.1, 0.15) is 15.0 Å². The van der Waals surface area contributed by atoms with Gasteiger partial charge < -0.3 is 0 Å². The molecule has 8 heteroatoms. The minimum absolute atomic E-state index is 0.411. The van der Waals surface area contributed by atoms with Gasteiger partial charge in [0, 0.05) is 0 Å². The molecule has 0 aromatic rings. The third-order valence-electron chi connectivity index (χ3n) is 0.823. The summed E-state index contributed by atoms with van der Waals surface area (Å²) in [6, 6.07) is 0. The zero-order valence-electron chi connectivity index (χ0n) is 7.95. The van der Waals surface area contributed by atoms with Crippen LogP contribution in [0.15, 0.2) is 0 Å². The Morgan fingerprint density at radius 2 is 1.07 bits per heavy atom. The van der Waals surface area contributed by atoms with Crippen LogP contribution in [0.25, 0.3) is 0 Å². The number of phosphoric ester groups is 1. The van der Waals surface area contributed by atoms with E-state index in [4.69, 9.17) is 13.6 Å². The third-order valence-corrected chi connectivity index (χ3v) is 3.97. The Bertz CT molecular complexity index is 176. The molecule has 14 heavy (non-hydrogen) atoms. The zero-order chi connectivity index (χ0) is 11.4. The summed E-state index contributed by atoms with van der Waals surface area (Å²) >= 11 is 9.32. The van der Waals surface area contributed by atoms with E-state index in [1.165, 1.54) is 0 Å². The molecular formula is C6H12Br3O4P. The van der Waals surface area contributed by atoms with Crippen LogP contribution in [0.2, 0.25) is 0 Å². The molecule has 0 bridgehead atoms. The molecule has 0 amide bonds. The highest BCUT2D eigenvalue weighted by molar-refractivity contribution is 9.10. The molecule has 4 nitrogen and oxygen atoms in total. The van der Waals surface area contributed by atoms with Crippen molar-refractivity contribution in [3.63, 3.8) is 0 Å². The molecule has 0 heterocycles. The van der Waals surface area contributed by atoms with Crippen LogP contribution in [-0.2, 0) is 18.1 Å². The molecule has 0 aliphatic rings. The smallest absolute Gasteiger partial charge is 0.272 e. The van der Waals surface area contributed by atoms with E-state index in [0.29, 0.717) is 0 Å². The predicted molar refractivity (Wildman–Crippen MR) is 66.0 cm³/mol. The van der Waals surface area contributed by atoms with Crippen LogP contribution in [0.1, 0.15) is 20.8 Å². The van der Waals surface area contributed by atoms with Crippen LogP contribution in [0.4, 0.5) is 0 Å². The Balaban J connectivity index is 4.41. The van der Waals surface area contributed by atoms with Gasteiger partial charge in [-0.15, -0.1) is 0 Å². The van der Waals surface area contributed by atoms with Crippen LogP contribution < -0.4 is 0 Å². The number of hydrogen-bond acceptors (Lipinski definition) is 4. The average Bonchev–Trinajstić information content (AvgIpc) is 1.76. The fourth-order valence-electron chi connectivity index (χ4n) is 0.608. The summed E-state index contributed by atoms with van der Waals surface area (Å²) in [5.41, 5.74) is 0. The maximum Gasteiger partial charge on any atom is 0.478 e. The number of halogens is 3. The van der Waals surface area contributed by atoms with Crippen molar-refractivity contribution in [1.29, 1.82) is 0 Å². The van der Waals surface area contributed by atoms with E-state index in [1.54, 1.807) is 20.8 Å². The van der Waals surface area contributed by atoms with Gasteiger partial charge in [-0.1, -0.05) is 47.8 Å². The quantitative estimate of drug-likeness (QED) is 0.474. The first-order chi connectivity index (χ1) is 6.25. The monoisotopic (exact) mass is 416 g/mol. The molecule has 0 aromatic carbocycles. The van der Waals surface area contributed by atoms with Gasteiger partial charge in [-0.25, -0.2) is 4.57 Å². The van der Waals surface area contributed by atoms with Gasteiger partial charge in [-0.05, 0) is 20.8 Å². The highest BCUT2D eigenvalue weighted by Gasteiger charge is 2.32. The largest absolute Gasteiger partial charge is 0.478 e. The number of hydrogen-bond donors (Lipinski definition) is 0. The first-order valence-electron chi connectivity index (χ1n) is 3.82. The summed E-state index contributed by atoms with van der Waals surface area (Å²) in [5.74, 6) is 0. The Morgan fingerprint density at radius 3 is 1.21 bits per heavy atom. The molecule has 0 spiro atoms. The van der Waals surface area contributed by atoms with Crippen molar-refractivity contribution in [2.75, 3.05) is 0 Å². The van der Waals surface area contributed by atoms with Crippen LogP contribution in [0, 0.1) is 0 Å². The van der Waals surface area contributed by atoms with E-state index >= 15 is 0 Å². The molecule has 0 aromatic heterocycles. The highest BCUT2D eigenvalue weighted by atomic mass is 79.9. The van der Waals surface area contributed by atoms with E-state index in [-0.39, 0.29) is 0 Å². The molecular weight excluding hydrogens is 407 g/mol. The second kappa shape index (κ2) is 6.99. The van der Waals surface area contributed by atoms with Crippen molar-refractivity contribution < 1.29 is 18.1 Å². The normalized spacial score (nSPS) is 22.4. The van der Waals surface area contributed by atoms with Crippen LogP contribution >= 0.6 is 55.6 Å². The molecule has 0 N–H and O–H groups in total. The highest BCUT2D eigenvalue weighted by Crippen LogP contribution is 2.54. The Kier molecular flexibility index (Phi) is 7.76. The summed E-state index contributed by atoms with van der Waals surface area (Å²) in [4.78, 5) is 0. The van der Waals surface area contributed by atoms with Gasteiger partial charge in [0.2, 0.25) is 0 Å². The summed E-state index contributed by atoms with van der Waals surface area (Å²) in [5, 5.41) is -1.23. The predicted octanol–water partition coefficient (Wildman–Crippen LogP) is 4.37. The van der Waals surface area contributed by atoms with E-state index < -0.39 is 22.9 Å².